The van der Waals surface area contributed by atoms with Crippen LogP contribution in [0.1, 0.15) is 33.1 Å². The predicted octanol–water partition coefficient (Wildman–Crippen LogP) is 2.76. The highest BCUT2D eigenvalue weighted by Crippen LogP contribution is 2.23. The average molecular weight is 279 g/mol. The third kappa shape index (κ3) is 4.91. The first-order valence-electron chi connectivity index (χ1n) is 6.71. The van der Waals surface area contributed by atoms with Gasteiger partial charge >= 0.3 is 5.97 Å². The van der Waals surface area contributed by atoms with Crippen LogP contribution >= 0.6 is 0 Å². The van der Waals surface area contributed by atoms with Crippen molar-refractivity contribution in [3.63, 3.8) is 0 Å². The molecule has 0 aliphatic carbocycles. The molecule has 0 heterocycles. The van der Waals surface area contributed by atoms with Crippen LogP contribution in [0.4, 0.5) is 5.69 Å². The van der Waals surface area contributed by atoms with Crippen LogP contribution < -0.4 is 10.1 Å². The minimum atomic E-state index is -0.829. The number of hydrogen-bond acceptors (Lipinski definition) is 4. The molecule has 0 aliphatic heterocycles. The topological polar surface area (TPSA) is 64.6 Å². The van der Waals surface area contributed by atoms with Crippen LogP contribution in [0.3, 0.4) is 0 Å². The molecular weight excluding hydrogens is 258 g/mol. The SMILES string of the molecule is CCCCC(=O)O[C@@H](C)C(=O)Nc1ccccc1OC. The highest BCUT2D eigenvalue weighted by atomic mass is 16.5. The summed E-state index contributed by atoms with van der Waals surface area (Å²) >= 11 is 0. The van der Waals surface area contributed by atoms with Crippen molar-refractivity contribution in [2.45, 2.75) is 39.2 Å². The summed E-state index contributed by atoms with van der Waals surface area (Å²) in [5, 5.41) is 2.68. The van der Waals surface area contributed by atoms with Gasteiger partial charge in [0.2, 0.25) is 0 Å². The third-order valence-corrected chi connectivity index (χ3v) is 2.78. The second-order valence-corrected chi connectivity index (χ2v) is 4.43. The molecule has 0 saturated heterocycles. The molecule has 5 heteroatoms. The second kappa shape index (κ2) is 8.19. The summed E-state index contributed by atoms with van der Waals surface area (Å²) in [6.45, 7) is 3.54. The predicted molar refractivity (Wildman–Crippen MR) is 76.7 cm³/mol. The Morgan fingerprint density at radius 1 is 1.30 bits per heavy atom. The third-order valence-electron chi connectivity index (χ3n) is 2.78. The fourth-order valence-electron chi connectivity index (χ4n) is 1.61. The van der Waals surface area contributed by atoms with Gasteiger partial charge in [-0.2, -0.15) is 0 Å². The summed E-state index contributed by atoms with van der Waals surface area (Å²) in [6.07, 6.45) is 1.18. The molecule has 1 aromatic rings. The van der Waals surface area contributed by atoms with Gasteiger partial charge < -0.3 is 14.8 Å². The van der Waals surface area contributed by atoms with Crippen molar-refractivity contribution >= 4 is 17.6 Å². The zero-order valence-electron chi connectivity index (χ0n) is 12.1. The number of esters is 1. The second-order valence-electron chi connectivity index (χ2n) is 4.43. The van der Waals surface area contributed by atoms with E-state index in [-0.39, 0.29) is 11.9 Å². The standard InChI is InChI=1S/C15H21NO4/c1-4-5-10-14(17)20-11(2)15(18)16-12-8-6-7-9-13(12)19-3/h6-9,11H,4-5,10H2,1-3H3,(H,16,18)/t11-/m0/s1. The molecule has 0 bridgehead atoms. The molecule has 1 N–H and O–H groups in total. The summed E-state index contributed by atoms with van der Waals surface area (Å²) in [4.78, 5) is 23.4. The van der Waals surface area contributed by atoms with E-state index in [4.69, 9.17) is 9.47 Å². The van der Waals surface area contributed by atoms with Crippen LogP contribution in [0.5, 0.6) is 5.75 Å². The minimum Gasteiger partial charge on any atom is -0.495 e. The number of rotatable bonds is 7. The molecule has 1 amide bonds. The number of ether oxygens (including phenoxy) is 2. The van der Waals surface area contributed by atoms with Crippen molar-refractivity contribution in [2.24, 2.45) is 0 Å². The summed E-state index contributed by atoms with van der Waals surface area (Å²) in [5.74, 6) is -0.167. The van der Waals surface area contributed by atoms with Crippen molar-refractivity contribution in [3.05, 3.63) is 24.3 Å². The Kier molecular flexibility index (Phi) is 6.56. The molecule has 1 atom stereocenters. The van der Waals surface area contributed by atoms with Crippen LogP contribution in [0.15, 0.2) is 24.3 Å². The van der Waals surface area contributed by atoms with Gasteiger partial charge in [0.05, 0.1) is 12.8 Å². The van der Waals surface area contributed by atoms with Gasteiger partial charge in [-0.05, 0) is 25.5 Å². The van der Waals surface area contributed by atoms with Gasteiger partial charge in [-0.3, -0.25) is 9.59 Å². The van der Waals surface area contributed by atoms with Crippen molar-refractivity contribution < 1.29 is 19.1 Å². The Balaban J connectivity index is 2.55. The fraction of sp³-hybridized carbons (Fsp3) is 0.467. The number of amides is 1. The molecule has 0 aromatic heterocycles. The molecule has 0 radical (unpaired) electrons. The lowest BCUT2D eigenvalue weighted by Crippen LogP contribution is -2.30. The van der Waals surface area contributed by atoms with Crippen LogP contribution in [0.2, 0.25) is 0 Å². The maximum Gasteiger partial charge on any atom is 0.306 e. The highest BCUT2D eigenvalue weighted by molar-refractivity contribution is 5.96. The van der Waals surface area contributed by atoms with Gasteiger partial charge in [-0.25, -0.2) is 0 Å². The summed E-state index contributed by atoms with van der Waals surface area (Å²) < 4.78 is 10.2. The van der Waals surface area contributed by atoms with Crippen LogP contribution in [-0.2, 0) is 14.3 Å². The number of para-hydroxylation sites is 2. The molecule has 0 spiro atoms. The summed E-state index contributed by atoms with van der Waals surface area (Å²) in [6, 6.07) is 7.06. The number of methoxy groups -OCH3 is 1. The summed E-state index contributed by atoms with van der Waals surface area (Å²) in [5.41, 5.74) is 0.552. The molecule has 1 aromatic carbocycles. The minimum absolute atomic E-state index is 0.336. The molecular formula is C15H21NO4. The molecule has 5 nitrogen and oxygen atoms in total. The van der Waals surface area contributed by atoms with Gasteiger partial charge in [0, 0.05) is 6.42 Å². The first kappa shape index (κ1) is 16.0. The Bertz CT molecular complexity index is 459. The molecule has 0 aliphatic rings. The van der Waals surface area contributed by atoms with E-state index >= 15 is 0 Å². The zero-order chi connectivity index (χ0) is 15.0. The van der Waals surface area contributed by atoms with Crippen LogP contribution in [0.25, 0.3) is 0 Å². The molecule has 110 valence electrons. The van der Waals surface area contributed by atoms with Gasteiger partial charge in [-0.1, -0.05) is 25.5 Å². The number of carbonyl (C=O) groups excluding carboxylic acids is 2. The molecule has 0 saturated carbocycles. The smallest absolute Gasteiger partial charge is 0.306 e. The fourth-order valence-corrected chi connectivity index (χ4v) is 1.61. The average Bonchev–Trinajstić information content (AvgIpc) is 2.45. The molecule has 0 fully saturated rings. The monoisotopic (exact) mass is 279 g/mol. The van der Waals surface area contributed by atoms with E-state index in [1.807, 2.05) is 13.0 Å². The largest absolute Gasteiger partial charge is 0.495 e. The van der Waals surface area contributed by atoms with E-state index in [0.717, 1.165) is 12.8 Å². The summed E-state index contributed by atoms with van der Waals surface area (Å²) in [7, 11) is 1.53. The van der Waals surface area contributed by atoms with Gasteiger partial charge in [0.25, 0.3) is 5.91 Å². The van der Waals surface area contributed by atoms with Crippen LogP contribution in [-0.4, -0.2) is 25.1 Å². The van der Waals surface area contributed by atoms with Crippen LogP contribution in [0, 0.1) is 0 Å². The number of nitrogens with one attached hydrogen (secondary N) is 1. The number of unbranched alkanes of at least 4 members (excludes halogenated alkanes) is 1. The first-order chi connectivity index (χ1) is 9.58. The maximum atomic E-state index is 11.9. The van der Waals surface area contributed by atoms with Gasteiger partial charge in [0.15, 0.2) is 6.10 Å². The lowest BCUT2D eigenvalue weighted by atomic mass is 10.2. The van der Waals surface area contributed by atoms with Crippen molar-refractivity contribution in [1.82, 2.24) is 0 Å². The highest BCUT2D eigenvalue weighted by Gasteiger charge is 2.18. The van der Waals surface area contributed by atoms with E-state index in [9.17, 15) is 9.59 Å². The van der Waals surface area contributed by atoms with E-state index in [1.54, 1.807) is 25.1 Å². The number of carbonyl (C=O) groups is 2. The molecule has 0 unspecified atom stereocenters. The van der Waals surface area contributed by atoms with E-state index in [2.05, 4.69) is 5.32 Å². The maximum absolute atomic E-state index is 11.9. The van der Waals surface area contributed by atoms with Crippen molar-refractivity contribution in [1.29, 1.82) is 0 Å². The lowest BCUT2D eigenvalue weighted by molar-refractivity contribution is -0.153. The Morgan fingerprint density at radius 2 is 2.00 bits per heavy atom. The normalized spacial score (nSPS) is 11.6. The van der Waals surface area contributed by atoms with Gasteiger partial charge in [-0.15, -0.1) is 0 Å². The van der Waals surface area contributed by atoms with E-state index in [1.165, 1.54) is 7.11 Å². The molecule has 1 rings (SSSR count). The van der Waals surface area contributed by atoms with Gasteiger partial charge in [0.1, 0.15) is 5.75 Å². The lowest BCUT2D eigenvalue weighted by Gasteiger charge is -2.15. The zero-order valence-corrected chi connectivity index (χ0v) is 12.1. The Morgan fingerprint density at radius 3 is 2.65 bits per heavy atom. The quantitative estimate of drug-likeness (QED) is 0.779. The van der Waals surface area contributed by atoms with E-state index < -0.39 is 6.10 Å². The molecule has 20 heavy (non-hydrogen) atoms. The Hall–Kier alpha value is -2.04. The van der Waals surface area contributed by atoms with E-state index in [0.29, 0.717) is 17.9 Å². The number of anilines is 1. The first-order valence-corrected chi connectivity index (χ1v) is 6.71. The number of benzene rings is 1. The number of hydrogen-bond donors (Lipinski definition) is 1. The van der Waals surface area contributed by atoms with Crippen molar-refractivity contribution in [2.75, 3.05) is 12.4 Å². The van der Waals surface area contributed by atoms with Crippen molar-refractivity contribution in [3.8, 4) is 5.75 Å². The Labute approximate surface area is 119 Å².